The molecule has 2 amide bonds. The third-order valence-electron chi connectivity index (χ3n) is 3.47. The standard InChI is InChI=1S/C15H12BNO3S/c1-20-10-4-5-11-8(6-10)2-3-9(13(11)16)7-12-14(18)17-15(19)21-12/h2-7H,16H2,1H3,(H,17,18,19)/b12-7-. The highest BCUT2D eigenvalue weighted by molar-refractivity contribution is 8.18. The van der Waals surface area contributed by atoms with E-state index < -0.39 is 0 Å². The summed E-state index contributed by atoms with van der Waals surface area (Å²) in [6.45, 7) is 0. The SMILES string of the molecule is Bc1c(/C=C2\SC(=O)NC2=O)ccc2cc(OC)ccc12. The molecule has 1 fully saturated rings. The van der Waals surface area contributed by atoms with E-state index in [1.54, 1.807) is 13.2 Å². The molecule has 104 valence electrons. The Morgan fingerprint density at radius 2 is 2.05 bits per heavy atom. The van der Waals surface area contributed by atoms with Gasteiger partial charge in [0.25, 0.3) is 11.1 Å². The van der Waals surface area contributed by atoms with Crippen LogP contribution in [-0.2, 0) is 4.79 Å². The van der Waals surface area contributed by atoms with E-state index in [-0.39, 0.29) is 11.1 Å². The quantitative estimate of drug-likeness (QED) is 0.673. The molecule has 0 spiro atoms. The number of carbonyl (C=O) groups is 2. The van der Waals surface area contributed by atoms with Gasteiger partial charge in [-0.05, 0) is 46.3 Å². The fourth-order valence-corrected chi connectivity index (χ4v) is 3.00. The monoisotopic (exact) mass is 297 g/mol. The van der Waals surface area contributed by atoms with Crippen molar-refractivity contribution in [2.45, 2.75) is 0 Å². The maximum atomic E-state index is 11.6. The first-order valence-corrected chi connectivity index (χ1v) is 7.22. The third-order valence-corrected chi connectivity index (χ3v) is 4.28. The zero-order chi connectivity index (χ0) is 15.0. The van der Waals surface area contributed by atoms with E-state index in [1.165, 1.54) is 0 Å². The molecule has 0 bridgehead atoms. The van der Waals surface area contributed by atoms with Crippen molar-refractivity contribution in [3.8, 4) is 5.75 Å². The number of thioether (sulfide) groups is 1. The largest absolute Gasteiger partial charge is 0.497 e. The predicted octanol–water partition coefficient (Wildman–Crippen LogP) is 1.43. The zero-order valence-corrected chi connectivity index (χ0v) is 12.4. The second-order valence-corrected chi connectivity index (χ2v) is 5.73. The van der Waals surface area contributed by atoms with Gasteiger partial charge in [-0.15, -0.1) is 0 Å². The molecule has 3 rings (SSSR count). The van der Waals surface area contributed by atoms with Gasteiger partial charge in [0.15, 0.2) is 0 Å². The van der Waals surface area contributed by atoms with Gasteiger partial charge >= 0.3 is 0 Å². The van der Waals surface area contributed by atoms with Crippen molar-refractivity contribution < 1.29 is 14.3 Å². The summed E-state index contributed by atoms with van der Waals surface area (Å²) in [5.41, 5.74) is 2.00. The van der Waals surface area contributed by atoms with Gasteiger partial charge < -0.3 is 4.74 Å². The highest BCUT2D eigenvalue weighted by atomic mass is 32.2. The molecule has 6 heteroatoms. The molecule has 0 aliphatic carbocycles. The summed E-state index contributed by atoms with van der Waals surface area (Å²) < 4.78 is 5.22. The molecule has 1 aliphatic heterocycles. The lowest BCUT2D eigenvalue weighted by Crippen LogP contribution is -2.18. The second kappa shape index (κ2) is 5.29. The highest BCUT2D eigenvalue weighted by Gasteiger charge is 2.25. The summed E-state index contributed by atoms with van der Waals surface area (Å²) in [4.78, 5) is 23.2. The van der Waals surface area contributed by atoms with E-state index in [9.17, 15) is 9.59 Å². The Labute approximate surface area is 127 Å². The molecule has 0 atom stereocenters. The molecule has 1 heterocycles. The van der Waals surface area contributed by atoms with E-state index in [4.69, 9.17) is 4.74 Å². The maximum absolute atomic E-state index is 11.6. The second-order valence-electron chi connectivity index (χ2n) is 4.72. The van der Waals surface area contributed by atoms with Crippen LogP contribution in [0.4, 0.5) is 4.79 Å². The molecule has 1 aliphatic rings. The van der Waals surface area contributed by atoms with Crippen LogP contribution in [0.3, 0.4) is 0 Å². The van der Waals surface area contributed by atoms with Gasteiger partial charge in [-0.3, -0.25) is 14.9 Å². The molecule has 2 aromatic carbocycles. The summed E-state index contributed by atoms with van der Waals surface area (Å²) in [7, 11) is 3.64. The van der Waals surface area contributed by atoms with Crippen LogP contribution in [0.1, 0.15) is 5.56 Å². The Morgan fingerprint density at radius 1 is 1.24 bits per heavy atom. The number of hydrogen-bond donors (Lipinski definition) is 1. The number of methoxy groups -OCH3 is 1. The minimum Gasteiger partial charge on any atom is -0.497 e. The molecule has 0 aromatic heterocycles. The molecule has 21 heavy (non-hydrogen) atoms. The van der Waals surface area contributed by atoms with E-state index in [0.29, 0.717) is 4.91 Å². The minimum atomic E-state index is -0.334. The van der Waals surface area contributed by atoms with Crippen molar-refractivity contribution in [2.75, 3.05) is 7.11 Å². The number of benzene rings is 2. The van der Waals surface area contributed by atoms with Gasteiger partial charge in [-0.2, -0.15) is 0 Å². The number of carbonyl (C=O) groups excluding carboxylic acids is 2. The Kier molecular flexibility index (Phi) is 3.47. The van der Waals surface area contributed by atoms with E-state index in [0.717, 1.165) is 39.3 Å². The molecule has 0 radical (unpaired) electrons. The van der Waals surface area contributed by atoms with Crippen molar-refractivity contribution >= 4 is 53.1 Å². The van der Waals surface area contributed by atoms with Crippen LogP contribution in [0.15, 0.2) is 35.2 Å². The lowest BCUT2D eigenvalue weighted by molar-refractivity contribution is -0.115. The Bertz CT molecular complexity index is 801. The molecule has 0 saturated carbocycles. The van der Waals surface area contributed by atoms with Gasteiger partial charge in [-0.25, -0.2) is 0 Å². The van der Waals surface area contributed by atoms with Crippen LogP contribution in [0.5, 0.6) is 5.75 Å². The molecule has 4 nitrogen and oxygen atoms in total. The number of ether oxygens (including phenoxy) is 1. The summed E-state index contributed by atoms with van der Waals surface area (Å²) >= 11 is 0.930. The first-order chi connectivity index (χ1) is 10.1. The predicted molar refractivity (Wildman–Crippen MR) is 87.8 cm³/mol. The lowest BCUT2D eigenvalue weighted by Gasteiger charge is -2.08. The molecule has 2 aromatic rings. The number of rotatable bonds is 2. The van der Waals surface area contributed by atoms with Crippen molar-refractivity contribution in [2.24, 2.45) is 0 Å². The fraction of sp³-hybridized carbons (Fsp3) is 0.0667. The average molecular weight is 297 g/mol. The van der Waals surface area contributed by atoms with Crippen molar-refractivity contribution in [1.82, 2.24) is 5.32 Å². The first kappa shape index (κ1) is 13.8. The lowest BCUT2D eigenvalue weighted by atomic mass is 9.85. The summed E-state index contributed by atoms with van der Waals surface area (Å²) in [5, 5.41) is 4.11. The molecular weight excluding hydrogens is 285 g/mol. The number of nitrogens with one attached hydrogen (secondary N) is 1. The van der Waals surface area contributed by atoms with Crippen LogP contribution >= 0.6 is 11.8 Å². The summed E-state index contributed by atoms with van der Waals surface area (Å²) in [6.07, 6.45) is 1.75. The maximum Gasteiger partial charge on any atom is 0.290 e. The van der Waals surface area contributed by atoms with Crippen LogP contribution in [0, 0.1) is 0 Å². The molecule has 1 N–H and O–H groups in total. The van der Waals surface area contributed by atoms with Crippen LogP contribution in [-0.4, -0.2) is 26.1 Å². The van der Waals surface area contributed by atoms with Gasteiger partial charge in [0.2, 0.25) is 0 Å². The Hall–Kier alpha value is -2.21. The smallest absolute Gasteiger partial charge is 0.290 e. The van der Waals surface area contributed by atoms with Crippen molar-refractivity contribution in [1.29, 1.82) is 0 Å². The van der Waals surface area contributed by atoms with E-state index in [1.807, 2.05) is 38.2 Å². The van der Waals surface area contributed by atoms with Crippen LogP contribution < -0.4 is 15.5 Å². The third kappa shape index (κ3) is 2.54. The fourth-order valence-electron chi connectivity index (χ4n) is 2.33. The molecular formula is C15H12BNO3S. The summed E-state index contributed by atoms with van der Waals surface area (Å²) in [5.74, 6) is 0.476. The van der Waals surface area contributed by atoms with Gasteiger partial charge in [-0.1, -0.05) is 23.7 Å². The van der Waals surface area contributed by atoms with Crippen molar-refractivity contribution in [3.05, 3.63) is 40.8 Å². The molecule has 0 unspecified atom stereocenters. The first-order valence-electron chi connectivity index (χ1n) is 6.40. The van der Waals surface area contributed by atoms with Crippen LogP contribution in [0.2, 0.25) is 0 Å². The summed E-state index contributed by atoms with van der Waals surface area (Å²) in [6, 6.07) is 9.81. The van der Waals surface area contributed by atoms with Crippen molar-refractivity contribution in [3.63, 3.8) is 0 Å². The Morgan fingerprint density at radius 3 is 2.71 bits per heavy atom. The number of imide groups is 1. The zero-order valence-electron chi connectivity index (χ0n) is 11.6. The topological polar surface area (TPSA) is 55.4 Å². The normalized spacial score (nSPS) is 16.5. The molecule has 1 saturated heterocycles. The van der Waals surface area contributed by atoms with Gasteiger partial charge in [0, 0.05) is 0 Å². The van der Waals surface area contributed by atoms with Gasteiger partial charge in [0.05, 0.1) is 12.0 Å². The minimum absolute atomic E-state index is 0.325. The number of fused-ring (bicyclic) bond motifs is 1. The van der Waals surface area contributed by atoms with Crippen LogP contribution in [0.25, 0.3) is 16.8 Å². The average Bonchev–Trinajstić information content (AvgIpc) is 2.79. The number of hydrogen-bond acceptors (Lipinski definition) is 4. The Balaban J connectivity index is 2.08. The number of amides is 2. The van der Waals surface area contributed by atoms with E-state index >= 15 is 0 Å². The van der Waals surface area contributed by atoms with Gasteiger partial charge in [0.1, 0.15) is 13.6 Å². The van der Waals surface area contributed by atoms with E-state index in [2.05, 4.69) is 5.32 Å². The highest BCUT2D eigenvalue weighted by Crippen LogP contribution is 2.26.